The van der Waals surface area contributed by atoms with Crippen LogP contribution >= 0.6 is 35.7 Å². The van der Waals surface area contributed by atoms with Gasteiger partial charge in [-0.05, 0) is 57.1 Å². The fourth-order valence-corrected chi connectivity index (χ4v) is 2.53. The molecule has 0 aromatic heterocycles. The van der Waals surface area contributed by atoms with Crippen LogP contribution in [-0.4, -0.2) is 55.7 Å². The van der Waals surface area contributed by atoms with Crippen LogP contribution in [0, 0.1) is 0 Å². The molecule has 1 aromatic carbocycles. The first-order valence-electron chi connectivity index (χ1n) is 9.42. The minimum Gasteiger partial charge on any atom is -0.484 e. The van der Waals surface area contributed by atoms with E-state index in [0.29, 0.717) is 6.04 Å². The number of amides is 1. The number of thioether (sulfide) groups is 1. The fourth-order valence-electron chi connectivity index (χ4n) is 2.31. The first kappa shape index (κ1) is 24.9. The Kier molecular flexibility index (Phi) is 11.0. The number of benzene rings is 1. The molecule has 0 bridgehead atoms. The molecule has 0 unspecified atom stereocenters. The van der Waals surface area contributed by atoms with Crippen LogP contribution in [0.15, 0.2) is 29.3 Å². The topological polar surface area (TPSA) is 74.8 Å². The predicted octanol–water partition coefficient (Wildman–Crippen LogP) is 2.81. The van der Waals surface area contributed by atoms with E-state index in [2.05, 4.69) is 41.0 Å². The lowest BCUT2D eigenvalue weighted by atomic mass is 10.1. The SMILES string of the molecule is CN=C(NCCc1ccc(OCC(=O)NC2CC2)cc1)NCC(C)(C)SC.I. The molecule has 0 spiro atoms. The molecular formula is C20H33IN4O2S. The number of hydrogen-bond donors (Lipinski definition) is 3. The van der Waals surface area contributed by atoms with Gasteiger partial charge in [0.15, 0.2) is 12.6 Å². The van der Waals surface area contributed by atoms with E-state index in [1.165, 1.54) is 5.56 Å². The minimum absolute atomic E-state index is 0. The average Bonchev–Trinajstić information content (AvgIpc) is 3.47. The van der Waals surface area contributed by atoms with E-state index in [9.17, 15) is 4.79 Å². The number of hydrogen-bond acceptors (Lipinski definition) is 4. The lowest BCUT2D eigenvalue weighted by Crippen LogP contribution is -2.43. The van der Waals surface area contributed by atoms with Crippen molar-refractivity contribution in [1.29, 1.82) is 0 Å². The number of nitrogens with one attached hydrogen (secondary N) is 3. The second-order valence-corrected chi connectivity index (χ2v) is 8.85. The van der Waals surface area contributed by atoms with Crippen LogP contribution in [0.2, 0.25) is 0 Å². The van der Waals surface area contributed by atoms with Gasteiger partial charge in [0, 0.05) is 30.9 Å². The van der Waals surface area contributed by atoms with Gasteiger partial charge < -0.3 is 20.7 Å². The van der Waals surface area contributed by atoms with E-state index < -0.39 is 0 Å². The van der Waals surface area contributed by atoms with E-state index >= 15 is 0 Å². The van der Waals surface area contributed by atoms with Gasteiger partial charge in [-0.15, -0.1) is 24.0 Å². The van der Waals surface area contributed by atoms with Gasteiger partial charge in [0.25, 0.3) is 5.91 Å². The number of carbonyl (C=O) groups excluding carboxylic acids is 1. The maximum absolute atomic E-state index is 11.6. The van der Waals surface area contributed by atoms with Gasteiger partial charge in [-0.1, -0.05) is 12.1 Å². The van der Waals surface area contributed by atoms with Crippen LogP contribution in [0.25, 0.3) is 0 Å². The number of halogens is 1. The molecule has 1 amide bonds. The van der Waals surface area contributed by atoms with Gasteiger partial charge in [0.1, 0.15) is 5.75 Å². The molecule has 0 aliphatic heterocycles. The molecule has 8 heteroatoms. The Labute approximate surface area is 190 Å². The predicted molar refractivity (Wildman–Crippen MR) is 129 cm³/mol. The Morgan fingerprint density at radius 2 is 1.93 bits per heavy atom. The lowest BCUT2D eigenvalue weighted by Gasteiger charge is -2.23. The number of rotatable bonds is 10. The Morgan fingerprint density at radius 3 is 2.50 bits per heavy atom. The van der Waals surface area contributed by atoms with Crippen molar-refractivity contribution in [2.24, 2.45) is 4.99 Å². The van der Waals surface area contributed by atoms with E-state index in [0.717, 1.165) is 44.1 Å². The van der Waals surface area contributed by atoms with Crippen LogP contribution < -0.4 is 20.7 Å². The second kappa shape index (κ2) is 12.4. The summed E-state index contributed by atoms with van der Waals surface area (Å²) >= 11 is 1.83. The molecule has 1 fully saturated rings. The molecule has 0 saturated heterocycles. The summed E-state index contributed by atoms with van der Waals surface area (Å²) in [7, 11) is 1.78. The van der Waals surface area contributed by atoms with Crippen molar-refractivity contribution in [3.63, 3.8) is 0 Å². The Hall–Kier alpha value is -1.16. The molecule has 0 radical (unpaired) electrons. The van der Waals surface area contributed by atoms with Crippen molar-refractivity contribution in [1.82, 2.24) is 16.0 Å². The van der Waals surface area contributed by atoms with Crippen molar-refractivity contribution in [2.45, 2.75) is 43.9 Å². The molecule has 1 aliphatic carbocycles. The molecule has 1 aliphatic rings. The molecule has 3 N–H and O–H groups in total. The Bertz CT molecular complexity index is 634. The summed E-state index contributed by atoms with van der Waals surface area (Å²) < 4.78 is 5.70. The third kappa shape index (κ3) is 9.86. The standard InChI is InChI=1S/C20H32N4O2S.HI/c1-20(2,27-4)14-23-19(21-3)22-12-11-15-5-9-17(10-6-15)26-13-18(25)24-16-7-8-16;/h5-6,9-10,16H,7-8,11-14H2,1-4H3,(H,24,25)(H2,21,22,23);1H. The van der Waals surface area contributed by atoms with Crippen LogP contribution in [0.3, 0.4) is 0 Å². The molecule has 1 saturated carbocycles. The molecule has 158 valence electrons. The average molecular weight is 520 g/mol. The van der Waals surface area contributed by atoms with Gasteiger partial charge in [0.2, 0.25) is 0 Å². The van der Waals surface area contributed by atoms with Crippen LogP contribution in [-0.2, 0) is 11.2 Å². The largest absolute Gasteiger partial charge is 0.484 e. The van der Waals surface area contributed by atoms with Crippen molar-refractivity contribution < 1.29 is 9.53 Å². The molecule has 0 atom stereocenters. The van der Waals surface area contributed by atoms with E-state index in [1.54, 1.807) is 7.05 Å². The van der Waals surface area contributed by atoms with Gasteiger partial charge in [-0.3, -0.25) is 9.79 Å². The summed E-state index contributed by atoms with van der Waals surface area (Å²) in [6.07, 6.45) is 5.17. The molecular weight excluding hydrogens is 487 g/mol. The fraction of sp³-hybridized carbons (Fsp3) is 0.600. The van der Waals surface area contributed by atoms with Gasteiger partial charge in [0.05, 0.1) is 0 Å². The van der Waals surface area contributed by atoms with Crippen molar-refractivity contribution >= 4 is 47.6 Å². The van der Waals surface area contributed by atoms with Crippen LogP contribution in [0.5, 0.6) is 5.75 Å². The summed E-state index contributed by atoms with van der Waals surface area (Å²) in [5.74, 6) is 1.49. The first-order valence-corrected chi connectivity index (χ1v) is 10.6. The highest BCUT2D eigenvalue weighted by atomic mass is 127. The van der Waals surface area contributed by atoms with Crippen molar-refractivity contribution in [3.8, 4) is 5.75 Å². The van der Waals surface area contributed by atoms with Gasteiger partial charge in [-0.2, -0.15) is 11.8 Å². The van der Waals surface area contributed by atoms with Crippen molar-refractivity contribution in [3.05, 3.63) is 29.8 Å². The van der Waals surface area contributed by atoms with E-state index in [-0.39, 0.29) is 41.2 Å². The summed E-state index contributed by atoms with van der Waals surface area (Å²) in [5, 5.41) is 9.61. The van der Waals surface area contributed by atoms with Crippen LogP contribution in [0.1, 0.15) is 32.3 Å². The highest BCUT2D eigenvalue weighted by molar-refractivity contribution is 14.0. The molecule has 0 heterocycles. The highest BCUT2D eigenvalue weighted by Crippen LogP contribution is 2.19. The summed E-state index contributed by atoms with van der Waals surface area (Å²) in [5.41, 5.74) is 1.21. The zero-order valence-electron chi connectivity index (χ0n) is 17.2. The highest BCUT2D eigenvalue weighted by Gasteiger charge is 2.23. The van der Waals surface area contributed by atoms with Crippen molar-refractivity contribution in [2.75, 3.05) is 33.0 Å². The number of carbonyl (C=O) groups is 1. The van der Waals surface area contributed by atoms with E-state index in [4.69, 9.17) is 4.74 Å². The molecule has 6 nitrogen and oxygen atoms in total. The maximum atomic E-state index is 11.6. The number of guanidine groups is 1. The Morgan fingerprint density at radius 1 is 1.25 bits per heavy atom. The van der Waals surface area contributed by atoms with Gasteiger partial charge in [-0.25, -0.2) is 0 Å². The zero-order valence-corrected chi connectivity index (χ0v) is 20.4. The maximum Gasteiger partial charge on any atom is 0.258 e. The summed E-state index contributed by atoms with van der Waals surface area (Å²) in [6, 6.07) is 8.25. The molecule has 1 aromatic rings. The van der Waals surface area contributed by atoms with Crippen LogP contribution in [0.4, 0.5) is 0 Å². The summed E-state index contributed by atoms with van der Waals surface area (Å²) in [6.45, 7) is 6.14. The van der Waals surface area contributed by atoms with E-state index in [1.807, 2.05) is 36.0 Å². The monoisotopic (exact) mass is 520 g/mol. The summed E-state index contributed by atoms with van der Waals surface area (Å²) in [4.78, 5) is 15.9. The second-order valence-electron chi connectivity index (χ2n) is 7.34. The third-order valence-corrected chi connectivity index (χ3v) is 5.65. The van der Waals surface area contributed by atoms with Gasteiger partial charge >= 0.3 is 0 Å². The molecule has 2 rings (SSSR count). The third-order valence-electron chi connectivity index (χ3n) is 4.40. The smallest absolute Gasteiger partial charge is 0.258 e. The Balaban J connectivity index is 0.00000392. The zero-order chi connectivity index (χ0) is 19.7. The first-order chi connectivity index (χ1) is 12.9. The number of nitrogens with zero attached hydrogens (tertiary/aromatic N) is 1. The molecule has 28 heavy (non-hydrogen) atoms. The lowest BCUT2D eigenvalue weighted by molar-refractivity contribution is -0.123. The number of ether oxygens (including phenoxy) is 1. The quantitative estimate of drug-likeness (QED) is 0.252. The number of aliphatic imine (C=N–C) groups is 1. The normalized spacial score (nSPS) is 14.1. The minimum atomic E-state index is -0.0469.